The standard InChI is InChI=1S/C44H44Cl4N2O6S/c1-3-19-55-31-9-5-7-29(25-31)35-27-37(43(47)41(45)33(35)11-13-39(51)49-15-21-53-22-16-49)57-38-28-36(30-8-6-10-32(26-30)56-20-4-2)34(42(46)44(38)48)12-14-40(52)50-17-23-54-24-18-50/h5-14,25-28H,3-4,15-24H2,1-2H3/b13-11+,14-12+. The molecule has 4 aromatic carbocycles. The van der Waals surface area contributed by atoms with Crippen LogP contribution in [-0.2, 0) is 19.1 Å². The molecule has 0 unspecified atom stereocenters. The minimum absolute atomic E-state index is 0.145. The van der Waals surface area contributed by atoms with Crippen LogP contribution in [0.25, 0.3) is 34.4 Å². The average molecular weight is 871 g/mol. The molecular formula is C44H44Cl4N2O6S. The summed E-state index contributed by atoms with van der Waals surface area (Å²) in [4.78, 5) is 31.1. The van der Waals surface area contributed by atoms with Gasteiger partial charge in [0.25, 0.3) is 0 Å². The van der Waals surface area contributed by atoms with E-state index in [1.807, 2.05) is 74.5 Å². The third-order valence-electron chi connectivity index (χ3n) is 9.31. The van der Waals surface area contributed by atoms with Crippen molar-refractivity contribution in [3.05, 3.63) is 104 Å². The molecule has 2 aliphatic heterocycles. The maximum absolute atomic E-state index is 13.2. The topological polar surface area (TPSA) is 77.5 Å². The first-order valence-corrected chi connectivity index (χ1v) is 21.3. The monoisotopic (exact) mass is 868 g/mol. The van der Waals surface area contributed by atoms with Gasteiger partial charge in [0.1, 0.15) is 11.5 Å². The van der Waals surface area contributed by atoms with Gasteiger partial charge in [-0.25, -0.2) is 0 Å². The Morgan fingerprint density at radius 2 is 1.04 bits per heavy atom. The van der Waals surface area contributed by atoms with Crippen LogP contribution in [0.3, 0.4) is 0 Å². The Balaban J connectivity index is 1.44. The lowest BCUT2D eigenvalue weighted by Gasteiger charge is -2.25. The van der Waals surface area contributed by atoms with Gasteiger partial charge in [0.15, 0.2) is 0 Å². The number of hydrogen-bond acceptors (Lipinski definition) is 7. The molecule has 0 N–H and O–H groups in total. The van der Waals surface area contributed by atoms with Crippen LogP contribution in [0.15, 0.2) is 82.6 Å². The molecule has 2 fully saturated rings. The number of morpholine rings is 2. The predicted octanol–water partition coefficient (Wildman–Crippen LogP) is 11.1. The van der Waals surface area contributed by atoms with Crippen LogP contribution in [-0.4, -0.2) is 87.4 Å². The molecule has 0 atom stereocenters. The smallest absolute Gasteiger partial charge is 0.246 e. The molecule has 2 aliphatic rings. The summed E-state index contributed by atoms with van der Waals surface area (Å²) in [5.41, 5.74) is 4.29. The first kappa shape index (κ1) is 42.9. The zero-order valence-electron chi connectivity index (χ0n) is 31.8. The third kappa shape index (κ3) is 10.9. The highest BCUT2D eigenvalue weighted by Gasteiger charge is 2.23. The number of halogens is 4. The number of carbonyl (C=O) groups is 2. The van der Waals surface area contributed by atoms with Gasteiger partial charge in [-0.3, -0.25) is 9.59 Å². The SMILES string of the molecule is CCCOc1cccc(-c2cc(Sc3cc(-c4cccc(OCCC)c4)c(/C=C/C(=O)N4CCOCC4)c(Cl)c3Cl)c(Cl)c(Cl)c2/C=C/C(=O)N2CCOCC2)c1. The lowest BCUT2D eigenvalue weighted by atomic mass is 9.98. The van der Waals surface area contributed by atoms with Crippen LogP contribution >= 0.6 is 58.2 Å². The molecule has 2 saturated heterocycles. The Hall–Kier alpha value is -3.67. The fourth-order valence-corrected chi connectivity index (χ4v) is 8.50. The van der Waals surface area contributed by atoms with Gasteiger partial charge in [0, 0.05) is 59.2 Å². The van der Waals surface area contributed by atoms with Crippen LogP contribution < -0.4 is 9.47 Å². The number of nitrogens with zero attached hydrogens (tertiary/aromatic N) is 2. The minimum atomic E-state index is -0.145. The van der Waals surface area contributed by atoms with E-state index in [1.165, 1.54) is 23.9 Å². The molecule has 300 valence electrons. The van der Waals surface area contributed by atoms with Crippen molar-refractivity contribution in [3.8, 4) is 33.8 Å². The molecular weight excluding hydrogens is 826 g/mol. The van der Waals surface area contributed by atoms with Gasteiger partial charge in [0.05, 0.1) is 59.7 Å². The maximum atomic E-state index is 13.2. The lowest BCUT2D eigenvalue weighted by molar-refractivity contribution is -0.130. The largest absolute Gasteiger partial charge is 0.494 e. The molecule has 2 amide bonds. The second kappa shape index (κ2) is 20.8. The summed E-state index contributed by atoms with van der Waals surface area (Å²) in [5, 5.41) is 1.11. The van der Waals surface area contributed by atoms with E-state index in [2.05, 4.69) is 0 Å². The molecule has 0 aromatic heterocycles. The molecule has 0 saturated carbocycles. The molecule has 0 aliphatic carbocycles. The van der Waals surface area contributed by atoms with Crippen molar-refractivity contribution in [2.24, 2.45) is 0 Å². The number of rotatable bonds is 14. The summed E-state index contributed by atoms with van der Waals surface area (Å²) in [5.74, 6) is 1.12. The Kier molecular flexibility index (Phi) is 15.7. The Morgan fingerprint density at radius 3 is 1.42 bits per heavy atom. The van der Waals surface area contributed by atoms with Crippen LogP contribution in [0.1, 0.15) is 37.8 Å². The molecule has 0 spiro atoms. The minimum Gasteiger partial charge on any atom is -0.494 e. The summed E-state index contributed by atoms with van der Waals surface area (Å²) < 4.78 is 22.8. The molecule has 13 heteroatoms. The quantitative estimate of drug-likeness (QED) is 0.117. The van der Waals surface area contributed by atoms with E-state index in [0.29, 0.717) is 98.2 Å². The summed E-state index contributed by atoms with van der Waals surface area (Å²) >= 11 is 29.8. The summed E-state index contributed by atoms with van der Waals surface area (Å²) in [6.07, 6.45) is 8.18. The third-order valence-corrected chi connectivity index (χ3v) is 12.4. The van der Waals surface area contributed by atoms with Crippen molar-refractivity contribution in [1.29, 1.82) is 0 Å². The first-order chi connectivity index (χ1) is 27.7. The van der Waals surface area contributed by atoms with E-state index < -0.39 is 0 Å². The second-order valence-electron chi connectivity index (χ2n) is 13.3. The van der Waals surface area contributed by atoms with Crippen LogP contribution in [0, 0.1) is 0 Å². The van der Waals surface area contributed by atoms with Crippen LogP contribution in [0.4, 0.5) is 0 Å². The van der Waals surface area contributed by atoms with Gasteiger partial charge in [-0.1, -0.05) is 96.3 Å². The van der Waals surface area contributed by atoms with Crippen molar-refractivity contribution in [2.75, 3.05) is 65.8 Å². The number of benzene rings is 4. The predicted molar refractivity (Wildman–Crippen MR) is 232 cm³/mol. The van der Waals surface area contributed by atoms with Crippen LogP contribution in [0.5, 0.6) is 11.5 Å². The van der Waals surface area contributed by atoms with Gasteiger partial charge in [-0.15, -0.1) is 0 Å². The molecule has 8 nitrogen and oxygen atoms in total. The van der Waals surface area contributed by atoms with E-state index >= 15 is 0 Å². The Morgan fingerprint density at radius 1 is 0.632 bits per heavy atom. The molecule has 2 heterocycles. The molecule has 57 heavy (non-hydrogen) atoms. The zero-order chi connectivity index (χ0) is 40.3. The van der Waals surface area contributed by atoms with E-state index in [1.54, 1.807) is 22.0 Å². The second-order valence-corrected chi connectivity index (χ2v) is 15.9. The molecule has 0 radical (unpaired) electrons. The van der Waals surface area contributed by atoms with Gasteiger partial charge in [-0.2, -0.15) is 0 Å². The van der Waals surface area contributed by atoms with Crippen molar-refractivity contribution in [3.63, 3.8) is 0 Å². The number of amides is 2. The molecule has 4 aromatic rings. The normalized spacial score (nSPS) is 14.8. The first-order valence-electron chi connectivity index (χ1n) is 19.0. The highest BCUT2D eigenvalue weighted by atomic mass is 35.5. The van der Waals surface area contributed by atoms with Gasteiger partial charge >= 0.3 is 0 Å². The van der Waals surface area contributed by atoms with Crippen molar-refractivity contribution in [1.82, 2.24) is 9.80 Å². The number of ether oxygens (including phenoxy) is 4. The Bertz CT molecular complexity index is 1980. The fraction of sp³-hybridized carbons (Fsp3) is 0.318. The number of hydrogen-bond donors (Lipinski definition) is 0. The van der Waals surface area contributed by atoms with Gasteiger partial charge in [0.2, 0.25) is 11.8 Å². The molecule has 0 bridgehead atoms. The average Bonchev–Trinajstić information content (AvgIpc) is 3.25. The summed E-state index contributed by atoms with van der Waals surface area (Å²) in [7, 11) is 0. The van der Waals surface area contributed by atoms with E-state index in [0.717, 1.165) is 35.1 Å². The van der Waals surface area contributed by atoms with Crippen molar-refractivity contribution < 1.29 is 28.5 Å². The van der Waals surface area contributed by atoms with Crippen molar-refractivity contribution in [2.45, 2.75) is 36.5 Å². The molecule has 6 rings (SSSR count). The highest BCUT2D eigenvalue weighted by molar-refractivity contribution is 7.99. The summed E-state index contributed by atoms with van der Waals surface area (Å²) in [6.45, 7) is 9.23. The van der Waals surface area contributed by atoms with E-state index in [4.69, 9.17) is 65.4 Å². The van der Waals surface area contributed by atoms with E-state index in [-0.39, 0.29) is 31.9 Å². The van der Waals surface area contributed by atoms with Crippen LogP contribution in [0.2, 0.25) is 20.1 Å². The lowest BCUT2D eigenvalue weighted by Crippen LogP contribution is -2.39. The summed E-state index contributed by atoms with van der Waals surface area (Å²) in [6, 6.07) is 19.3. The van der Waals surface area contributed by atoms with Crippen molar-refractivity contribution >= 4 is 82.1 Å². The van der Waals surface area contributed by atoms with Gasteiger partial charge < -0.3 is 28.7 Å². The van der Waals surface area contributed by atoms with E-state index in [9.17, 15) is 9.59 Å². The fourth-order valence-electron chi connectivity index (χ4n) is 6.34. The van der Waals surface area contributed by atoms with Gasteiger partial charge in [-0.05, 0) is 83.6 Å². The number of carbonyl (C=O) groups excluding carboxylic acids is 2. The highest BCUT2D eigenvalue weighted by Crippen LogP contribution is 2.49. The zero-order valence-corrected chi connectivity index (χ0v) is 35.7. The maximum Gasteiger partial charge on any atom is 0.246 e. The Labute approximate surface area is 358 Å².